The number of rotatable bonds is 5. The van der Waals surface area contributed by atoms with Crippen LogP contribution in [0.4, 0.5) is 0 Å². The number of aryl methyl sites for hydroxylation is 1. The van der Waals surface area contributed by atoms with Gasteiger partial charge in [0.1, 0.15) is 6.33 Å². The number of nitrogens with two attached hydrogens (primary N) is 1. The van der Waals surface area contributed by atoms with Gasteiger partial charge in [-0.1, -0.05) is 30.3 Å². The highest BCUT2D eigenvalue weighted by Crippen LogP contribution is 2.40. The first-order valence-corrected chi connectivity index (χ1v) is 7.70. The quantitative estimate of drug-likeness (QED) is 0.862. The standard InChI is InChI=1S/C11H15ClN4S2/c1-3-7(13)10(8-4-5-9(12)17-8)18-11-14-6-15-16(11)2/h4-7,10H,3,13H2,1-2H3. The molecule has 18 heavy (non-hydrogen) atoms. The summed E-state index contributed by atoms with van der Waals surface area (Å²) >= 11 is 9.21. The van der Waals surface area contributed by atoms with Crippen LogP contribution >= 0.6 is 34.7 Å². The molecule has 7 heteroatoms. The molecule has 0 aromatic carbocycles. The molecule has 2 atom stereocenters. The number of aromatic nitrogens is 3. The minimum Gasteiger partial charge on any atom is -0.326 e. The third-order valence-corrected chi connectivity index (χ3v) is 5.54. The first-order valence-electron chi connectivity index (χ1n) is 5.63. The molecule has 98 valence electrons. The average Bonchev–Trinajstić information content (AvgIpc) is 2.94. The molecule has 0 aliphatic rings. The molecule has 0 aliphatic carbocycles. The summed E-state index contributed by atoms with van der Waals surface area (Å²) in [6.45, 7) is 2.09. The minimum absolute atomic E-state index is 0.0708. The van der Waals surface area contributed by atoms with Crippen molar-refractivity contribution in [2.45, 2.75) is 29.8 Å². The number of thiophene rings is 1. The summed E-state index contributed by atoms with van der Waals surface area (Å²) in [4.78, 5) is 5.42. The monoisotopic (exact) mass is 302 g/mol. The Hall–Kier alpha value is -0.560. The molecule has 0 bridgehead atoms. The molecule has 0 aliphatic heterocycles. The summed E-state index contributed by atoms with van der Waals surface area (Å²) in [6, 6.07) is 4.02. The SMILES string of the molecule is CCC(N)C(Sc1ncnn1C)c1ccc(Cl)s1. The van der Waals surface area contributed by atoms with Gasteiger partial charge in [-0.3, -0.25) is 0 Å². The fraction of sp³-hybridized carbons (Fsp3) is 0.455. The van der Waals surface area contributed by atoms with Crippen molar-refractivity contribution in [3.63, 3.8) is 0 Å². The van der Waals surface area contributed by atoms with Crippen LogP contribution in [0.15, 0.2) is 23.6 Å². The maximum absolute atomic E-state index is 6.21. The van der Waals surface area contributed by atoms with Gasteiger partial charge in [0.15, 0.2) is 5.16 Å². The zero-order valence-corrected chi connectivity index (χ0v) is 12.6. The molecular weight excluding hydrogens is 288 g/mol. The van der Waals surface area contributed by atoms with Gasteiger partial charge >= 0.3 is 0 Å². The van der Waals surface area contributed by atoms with E-state index in [1.807, 2.05) is 19.2 Å². The molecule has 2 N–H and O–H groups in total. The fourth-order valence-corrected chi connectivity index (χ4v) is 4.06. The maximum Gasteiger partial charge on any atom is 0.186 e. The Bertz CT molecular complexity index is 511. The molecule has 0 saturated carbocycles. The van der Waals surface area contributed by atoms with Crippen LogP contribution in [0.1, 0.15) is 23.5 Å². The molecule has 2 aromatic heterocycles. The van der Waals surface area contributed by atoms with Crippen LogP contribution in [0.2, 0.25) is 4.34 Å². The van der Waals surface area contributed by atoms with Crippen LogP contribution in [0, 0.1) is 0 Å². The summed E-state index contributed by atoms with van der Waals surface area (Å²) < 4.78 is 2.55. The van der Waals surface area contributed by atoms with E-state index < -0.39 is 0 Å². The number of thioether (sulfide) groups is 1. The predicted octanol–water partition coefficient (Wildman–Crippen LogP) is 3.10. The lowest BCUT2D eigenvalue weighted by molar-refractivity contribution is 0.630. The van der Waals surface area contributed by atoms with Crippen molar-refractivity contribution in [1.82, 2.24) is 14.8 Å². The lowest BCUT2D eigenvalue weighted by Crippen LogP contribution is -2.25. The molecule has 2 aromatic rings. The second-order valence-electron chi connectivity index (χ2n) is 3.92. The van der Waals surface area contributed by atoms with Gasteiger partial charge in [0.2, 0.25) is 0 Å². The number of hydrogen-bond acceptors (Lipinski definition) is 5. The second kappa shape index (κ2) is 6.06. The summed E-state index contributed by atoms with van der Waals surface area (Å²) in [5.74, 6) is 0. The summed E-state index contributed by atoms with van der Waals surface area (Å²) in [5.41, 5.74) is 6.21. The second-order valence-corrected chi connectivity index (χ2v) is 6.77. The molecule has 2 heterocycles. The zero-order valence-electron chi connectivity index (χ0n) is 10.2. The van der Waals surface area contributed by atoms with Gasteiger partial charge in [-0.25, -0.2) is 9.67 Å². The highest BCUT2D eigenvalue weighted by molar-refractivity contribution is 7.99. The lowest BCUT2D eigenvalue weighted by atomic mass is 10.1. The first-order chi connectivity index (χ1) is 8.61. The van der Waals surface area contributed by atoms with Crippen LogP contribution in [-0.4, -0.2) is 20.8 Å². The van der Waals surface area contributed by atoms with E-state index in [0.29, 0.717) is 0 Å². The van der Waals surface area contributed by atoms with Crippen molar-refractivity contribution >= 4 is 34.7 Å². The van der Waals surface area contributed by atoms with E-state index in [1.165, 1.54) is 4.88 Å². The van der Waals surface area contributed by atoms with Gasteiger partial charge in [0.25, 0.3) is 0 Å². The smallest absolute Gasteiger partial charge is 0.186 e. The van der Waals surface area contributed by atoms with Crippen LogP contribution in [0.25, 0.3) is 0 Å². The molecular formula is C11H15ClN4S2. The third-order valence-electron chi connectivity index (χ3n) is 2.64. The van der Waals surface area contributed by atoms with Gasteiger partial charge in [-0.2, -0.15) is 5.10 Å². The summed E-state index contributed by atoms with van der Waals surface area (Å²) in [7, 11) is 1.88. The Balaban J connectivity index is 2.23. The first kappa shape index (κ1) is 13.9. The third kappa shape index (κ3) is 3.06. The van der Waals surface area contributed by atoms with Crippen LogP contribution in [0.5, 0.6) is 0 Å². The Kier molecular flexibility index (Phi) is 4.66. The van der Waals surface area contributed by atoms with Gasteiger partial charge < -0.3 is 5.73 Å². The molecule has 0 fully saturated rings. The average molecular weight is 303 g/mol. The van der Waals surface area contributed by atoms with Crippen molar-refractivity contribution in [2.24, 2.45) is 12.8 Å². The van der Waals surface area contributed by atoms with Crippen molar-refractivity contribution < 1.29 is 0 Å². The van der Waals surface area contributed by atoms with Crippen molar-refractivity contribution in [3.05, 3.63) is 27.7 Å². The highest BCUT2D eigenvalue weighted by Gasteiger charge is 2.23. The molecule has 0 spiro atoms. The van der Waals surface area contributed by atoms with Gasteiger partial charge in [0, 0.05) is 18.0 Å². The number of nitrogens with zero attached hydrogens (tertiary/aromatic N) is 3. The van der Waals surface area contributed by atoms with E-state index in [1.54, 1.807) is 34.1 Å². The number of halogens is 1. The van der Waals surface area contributed by atoms with Gasteiger partial charge in [-0.05, 0) is 18.6 Å². The van der Waals surface area contributed by atoms with Crippen molar-refractivity contribution in [1.29, 1.82) is 0 Å². The topological polar surface area (TPSA) is 56.7 Å². The summed E-state index contributed by atoms with van der Waals surface area (Å²) in [6.07, 6.45) is 2.46. The Morgan fingerprint density at radius 2 is 2.33 bits per heavy atom. The van der Waals surface area contributed by atoms with Crippen molar-refractivity contribution in [2.75, 3.05) is 0 Å². The Labute approximate surface area is 120 Å². The molecule has 0 radical (unpaired) electrons. The highest BCUT2D eigenvalue weighted by atomic mass is 35.5. The molecule has 2 unspecified atom stereocenters. The van der Waals surface area contributed by atoms with Crippen LogP contribution < -0.4 is 5.73 Å². The molecule has 4 nitrogen and oxygen atoms in total. The van der Waals surface area contributed by atoms with Crippen LogP contribution in [0.3, 0.4) is 0 Å². The normalized spacial score (nSPS) is 14.7. The molecule has 2 rings (SSSR count). The summed E-state index contributed by atoms with van der Waals surface area (Å²) in [5, 5.41) is 5.11. The number of hydrogen-bond donors (Lipinski definition) is 1. The van der Waals surface area contributed by atoms with E-state index >= 15 is 0 Å². The van der Waals surface area contributed by atoms with E-state index in [4.69, 9.17) is 17.3 Å². The van der Waals surface area contributed by atoms with E-state index in [0.717, 1.165) is 15.9 Å². The maximum atomic E-state index is 6.21. The van der Waals surface area contributed by atoms with Gasteiger partial charge in [-0.15, -0.1) is 11.3 Å². The van der Waals surface area contributed by atoms with Crippen LogP contribution in [-0.2, 0) is 7.05 Å². The zero-order chi connectivity index (χ0) is 13.1. The van der Waals surface area contributed by atoms with E-state index in [2.05, 4.69) is 17.0 Å². The largest absolute Gasteiger partial charge is 0.326 e. The van der Waals surface area contributed by atoms with Gasteiger partial charge in [0.05, 0.1) is 9.59 Å². The predicted molar refractivity (Wildman–Crippen MR) is 77.2 cm³/mol. The molecule has 0 saturated heterocycles. The van der Waals surface area contributed by atoms with E-state index in [-0.39, 0.29) is 11.3 Å². The lowest BCUT2D eigenvalue weighted by Gasteiger charge is -2.20. The Morgan fingerprint density at radius 1 is 1.56 bits per heavy atom. The fourth-order valence-electron chi connectivity index (χ4n) is 1.56. The van der Waals surface area contributed by atoms with E-state index in [9.17, 15) is 0 Å². The van der Waals surface area contributed by atoms with Crippen molar-refractivity contribution in [3.8, 4) is 0 Å². The minimum atomic E-state index is 0.0708. The Morgan fingerprint density at radius 3 is 2.83 bits per heavy atom. The molecule has 0 amide bonds.